The van der Waals surface area contributed by atoms with Gasteiger partial charge in [-0.2, -0.15) is 0 Å². The molecule has 16 nitrogen and oxygen atoms in total. The third-order valence-electron chi connectivity index (χ3n) is 12.1. The molecule has 6 aliphatic rings. The Balaban J connectivity index is 0.000000154. The molecule has 0 fully saturated rings. The first kappa shape index (κ1) is 44.8. The highest BCUT2D eigenvalue weighted by atomic mass is 16.7. The Morgan fingerprint density at radius 3 is 1.24 bits per heavy atom. The lowest BCUT2D eigenvalue weighted by molar-refractivity contribution is -0.137. The van der Waals surface area contributed by atoms with Gasteiger partial charge in [0.25, 0.3) is 0 Å². The standard InChI is InChI=1S/C28H24O8.C27H22O8/c1-15(2)35-18-6-9-20-19(12-18)25(16-4-7-21-23(10-16)33-13-31-21)26(28(29)30-3)27(36-20)17-5-8-22-24(11-17)34-14-32-22;1-14(2)34-17-5-8-19-18(11-17)24(15-3-6-20-22(9-15)32-12-30-20)25(27(28)29)26(35-19)16-4-7-21-23(10-16)33-13-31-21/h4-12,15,27H,13-14H2,1-3H3;3-11,14,26H,12-13H2,1-2H3,(H,28,29). The highest BCUT2D eigenvalue weighted by Gasteiger charge is 2.39. The van der Waals surface area contributed by atoms with Crippen molar-refractivity contribution < 1.29 is 76.3 Å². The van der Waals surface area contributed by atoms with Gasteiger partial charge in [-0.05, 0) is 124 Å². The molecule has 0 aromatic heterocycles. The van der Waals surface area contributed by atoms with Crippen molar-refractivity contribution in [3.05, 3.63) is 154 Å². The quantitative estimate of drug-likeness (QED) is 0.128. The van der Waals surface area contributed by atoms with E-state index in [0.29, 0.717) is 108 Å². The predicted molar refractivity (Wildman–Crippen MR) is 253 cm³/mol. The Labute approximate surface area is 407 Å². The van der Waals surface area contributed by atoms with E-state index >= 15 is 0 Å². The van der Waals surface area contributed by atoms with E-state index < -0.39 is 24.1 Å². The molecule has 12 rings (SSSR count). The Morgan fingerprint density at radius 1 is 0.465 bits per heavy atom. The molecule has 16 heteroatoms. The summed E-state index contributed by atoms with van der Waals surface area (Å²) < 4.78 is 74.0. The molecule has 0 bridgehead atoms. The maximum absolute atomic E-state index is 13.4. The van der Waals surface area contributed by atoms with E-state index in [0.717, 1.165) is 11.1 Å². The third kappa shape index (κ3) is 8.51. The molecule has 2 atom stereocenters. The van der Waals surface area contributed by atoms with Crippen LogP contribution >= 0.6 is 0 Å². The largest absolute Gasteiger partial charge is 0.491 e. The molecule has 0 amide bonds. The summed E-state index contributed by atoms with van der Waals surface area (Å²) >= 11 is 0. The van der Waals surface area contributed by atoms with Gasteiger partial charge < -0.3 is 66.7 Å². The van der Waals surface area contributed by atoms with Crippen molar-refractivity contribution >= 4 is 23.1 Å². The van der Waals surface area contributed by atoms with Crippen LogP contribution in [0, 0.1) is 0 Å². The zero-order valence-electron chi connectivity index (χ0n) is 39.1. The molecule has 0 saturated carbocycles. The van der Waals surface area contributed by atoms with E-state index in [-0.39, 0.29) is 45.0 Å². The van der Waals surface area contributed by atoms with Gasteiger partial charge in [-0.15, -0.1) is 0 Å². The van der Waals surface area contributed by atoms with Crippen LogP contribution < -0.4 is 56.8 Å². The number of carboxylic acids is 1. The number of carbonyl (C=O) groups is 2. The fourth-order valence-electron chi connectivity index (χ4n) is 9.12. The molecular formula is C55H46O16. The Morgan fingerprint density at radius 2 is 0.831 bits per heavy atom. The van der Waals surface area contributed by atoms with Gasteiger partial charge in [-0.25, -0.2) is 9.59 Å². The molecule has 2 unspecified atom stereocenters. The molecule has 71 heavy (non-hydrogen) atoms. The van der Waals surface area contributed by atoms with E-state index in [1.807, 2.05) is 100 Å². The number of hydrogen-bond donors (Lipinski definition) is 1. The molecule has 6 aliphatic heterocycles. The number of aliphatic carboxylic acids is 1. The molecule has 0 spiro atoms. The fraction of sp³-hybridized carbons (Fsp3) is 0.236. The third-order valence-corrected chi connectivity index (χ3v) is 12.1. The number of carboxylic acid groups (broad SMARTS) is 1. The number of esters is 1. The van der Waals surface area contributed by atoms with Crippen molar-refractivity contribution in [2.24, 2.45) is 0 Å². The molecule has 6 heterocycles. The molecule has 0 radical (unpaired) electrons. The van der Waals surface area contributed by atoms with Gasteiger partial charge in [0.2, 0.25) is 27.2 Å². The summed E-state index contributed by atoms with van der Waals surface area (Å²) in [5.41, 5.74) is 5.76. The van der Waals surface area contributed by atoms with Gasteiger partial charge in [0.05, 0.1) is 30.5 Å². The van der Waals surface area contributed by atoms with E-state index in [9.17, 15) is 14.7 Å². The average Bonchev–Trinajstić information content (AvgIpc) is 4.22. The minimum Gasteiger partial charge on any atom is -0.491 e. The van der Waals surface area contributed by atoms with Crippen LogP contribution in [-0.4, -0.2) is 63.5 Å². The number of benzene rings is 6. The zero-order valence-corrected chi connectivity index (χ0v) is 39.1. The normalized spacial score (nSPS) is 17.2. The zero-order chi connectivity index (χ0) is 48.9. The molecule has 0 aliphatic carbocycles. The van der Waals surface area contributed by atoms with Crippen LogP contribution in [0.3, 0.4) is 0 Å². The molecule has 0 saturated heterocycles. The molecule has 362 valence electrons. The van der Waals surface area contributed by atoms with Gasteiger partial charge >= 0.3 is 11.9 Å². The lowest BCUT2D eigenvalue weighted by atomic mass is 9.85. The van der Waals surface area contributed by atoms with Crippen molar-refractivity contribution in [1.82, 2.24) is 0 Å². The Hall–Kier alpha value is -8.66. The maximum Gasteiger partial charge on any atom is 0.338 e. The van der Waals surface area contributed by atoms with Crippen LogP contribution in [0.15, 0.2) is 120 Å². The van der Waals surface area contributed by atoms with Crippen LogP contribution in [0.25, 0.3) is 11.1 Å². The minimum atomic E-state index is -1.10. The summed E-state index contributed by atoms with van der Waals surface area (Å²) in [5, 5.41) is 10.4. The minimum absolute atomic E-state index is 0.0213. The smallest absolute Gasteiger partial charge is 0.338 e. The average molecular weight is 963 g/mol. The molecular weight excluding hydrogens is 917 g/mol. The first-order chi connectivity index (χ1) is 34.5. The molecule has 6 aromatic rings. The fourth-order valence-corrected chi connectivity index (χ4v) is 9.12. The van der Waals surface area contributed by atoms with Gasteiger partial charge in [0.15, 0.2) is 58.2 Å². The van der Waals surface area contributed by atoms with E-state index in [1.165, 1.54) is 7.11 Å². The second kappa shape index (κ2) is 18.3. The monoisotopic (exact) mass is 962 g/mol. The Bertz CT molecular complexity index is 3190. The van der Waals surface area contributed by atoms with Gasteiger partial charge in [-0.3, -0.25) is 0 Å². The van der Waals surface area contributed by atoms with Crippen molar-refractivity contribution in [3.63, 3.8) is 0 Å². The molecule has 1 N–H and O–H groups in total. The second-order valence-electron chi connectivity index (χ2n) is 17.4. The van der Waals surface area contributed by atoms with Crippen molar-refractivity contribution in [2.45, 2.75) is 52.1 Å². The summed E-state index contributed by atoms with van der Waals surface area (Å²) in [6, 6.07) is 32.8. The summed E-state index contributed by atoms with van der Waals surface area (Å²) in [7, 11) is 1.36. The number of carbonyl (C=O) groups excluding carboxylic acids is 1. The van der Waals surface area contributed by atoms with Crippen LogP contribution in [0.5, 0.6) is 69.0 Å². The summed E-state index contributed by atoms with van der Waals surface area (Å²) in [6.07, 6.45) is -1.70. The topological polar surface area (TPSA) is 174 Å². The number of hydrogen-bond acceptors (Lipinski definition) is 15. The number of ether oxygens (including phenoxy) is 13. The number of rotatable bonds is 10. The predicted octanol–water partition coefficient (Wildman–Crippen LogP) is 9.99. The highest BCUT2D eigenvalue weighted by Crippen LogP contribution is 2.51. The SMILES string of the molecule is CC(C)Oc1ccc2c(c1)C(c1ccc3c(c1)OCO3)=C(C(=O)O)C(c1ccc3c(c1)OCO3)O2.COC(=O)C1=C(c2ccc3c(c2)OCO3)c2cc(OC(C)C)ccc2OC1c1ccc2c(c1)OCO2. The summed E-state index contributed by atoms with van der Waals surface area (Å²) in [4.78, 5) is 26.2. The van der Waals surface area contributed by atoms with Crippen molar-refractivity contribution in [3.8, 4) is 69.0 Å². The van der Waals surface area contributed by atoms with Crippen molar-refractivity contribution in [2.75, 3.05) is 34.3 Å². The van der Waals surface area contributed by atoms with Crippen LogP contribution in [0.1, 0.15) is 73.3 Å². The van der Waals surface area contributed by atoms with Crippen molar-refractivity contribution in [1.29, 1.82) is 0 Å². The van der Waals surface area contributed by atoms with Crippen LogP contribution in [0.4, 0.5) is 0 Å². The maximum atomic E-state index is 13.4. The van der Waals surface area contributed by atoms with Gasteiger partial charge in [0.1, 0.15) is 23.0 Å². The first-order valence-corrected chi connectivity index (χ1v) is 22.8. The lowest BCUT2D eigenvalue weighted by Gasteiger charge is -2.31. The lowest BCUT2D eigenvalue weighted by Crippen LogP contribution is -2.24. The number of fused-ring (bicyclic) bond motifs is 6. The van der Waals surface area contributed by atoms with E-state index in [2.05, 4.69) is 0 Å². The highest BCUT2D eigenvalue weighted by molar-refractivity contribution is 6.06. The molecule has 6 aromatic carbocycles. The summed E-state index contributed by atoms with van der Waals surface area (Å²) in [6.45, 7) is 8.32. The van der Waals surface area contributed by atoms with Gasteiger partial charge in [0, 0.05) is 33.4 Å². The second-order valence-corrected chi connectivity index (χ2v) is 17.4. The van der Waals surface area contributed by atoms with Crippen LogP contribution in [-0.2, 0) is 14.3 Å². The van der Waals surface area contributed by atoms with Crippen LogP contribution in [0.2, 0.25) is 0 Å². The Kier molecular flexibility index (Phi) is 11.6. The number of methoxy groups -OCH3 is 1. The van der Waals surface area contributed by atoms with E-state index in [4.69, 9.17) is 61.6 Å². The van der Waals surface area contributed by atoms with Gasteiger partial charge in [-0.1, -0.05) is 24.3 Å². The summed E-state index contributed by atoms with van der Waals surface area (Å²) in [5.74, 6) is 5.64. The first-order valence-electron chi connectivity index (χ1n) is 22.8. The van der Waals surface area contributed by atoms with E-state index in [1.54, 1.807) is 36.4 Å².